The van der Waals surface area contributed by atoms with Crippen molar-refractivity contribution in [2.75, 3.05) is 0 Å². The molecule has 20 heavy (non-hydrogen) atoms. The van der Waals surface area contributed by atoms with Crippen molar-refractivity contribution in [3.8, 4) is 0 Å². The highest BCUT2D eigenvalue weighted by atomic mass is 79.9. The van der Waals surface area contributed by atoms with Gasteiger partial charge in [0, 0.05) is 0 Å². The molecule has 0 saturated heterocycles. The summed E-state index contributed by atoms with van der Waals surface area (Å²) in [6.07, 6.45) is 1.22. The van der Waals surface area contributed by atoms with Crippen molar-refractivity contribution in [2.45, 2.75) is 50.5 Å². The van der Waals surface area contributed by atoms with Crippen LogP contribution in [0.4, 0.5) is 0 Å². The number of nitrogens with zero attached hydrogens (tertiary/aromatic N) is 1. The molecule has 0 aliphatic heterocycles. The van der Waals surface area contributed by atoms with E-state index < -0.39 is 11.0 Å². The molecule has 1 aliphatic carbocycles. The number of nitrogens with one attached hydrogen (secondary N) is 1. The first-order valence-electron chi connectivity index (χ1n) is 6.76. The van der Waals surface area contributed by atoms with Crippen LogP contribution in [-0.4, -0.2) is 25.2 Å². The van der Waals surface area contributed by atoms with Gasteiger partial charge in [-0.25, -0.2) is 13.9 Å². The highest BCUT2D eigenvalue weighted by Crippen LogP contribution is 2.38. The third-order valence-corrected chi connectivity index (χ3v) is 5.49. The summed E-state index contributed by atoms with van der Waals surface area (Å²) in [5, 5.41) is 9.53. The Balaban J connectivity index is 2.19. The van der Waals surface area contributed by atoms with Crippen molar-refractivity contribution in [1.82, 2.24) is 9.71 Å². The molecule has 1 aromatic heterocycles. The minimum Gasteiger partial charge on any atom is -0.393 e. The molecule has 2 atom stereocenters. The van der Waals surface area contributed by atoms with Gasteiger partial charge in [0.15, 0.2) is 0 Å². The highest BCUT2D eigenvalue weighted by molar-refractivity contribution is 9.10. The molecule has 1 saturated carbocycles. The lowest BCUT2D eigenvalue weighted by Crippen LogP contribution is -2.43. The fraction of sp³-hybridized carbons (Fsp3) is 0.643. The predicted molar refractivity (Wildman–Crippen MR) is 84.4 cm³/mol. The molecule has 2 rings (SSSR count). The lowest BCUT2D eigenvalue weighted by Gasteiger charge is -2.38. The van der Waals surface area contributed by atoms with Crippen LogP contribution in [0.1, 0.15) is 45.3 Å². The second kappa shape index (κ2) is 6.22. The van der Waals surface area contributed by atoms with Gasteiger partial charge in [-0.05, 0) is 67.6 Å². The maximum Gasteiger partial charge on any atom is 0.106 e. The van der Waals surface area contributed by atoms with Crippen LogP contribution in [0.2, 0.25) is 0 Å². The minimum absolute atomic E-state index is 0.0871. The Kier molecular flexibility index (Phi) is 5.00. The first-order valence-corrected chi connectivity index (χ1v) is 8.70. The van der Waals surface area contributed by atoms with Gasteiger partial charge in [-0.2, -0.15) is 0 Å². The maximum atomic E-state index is 12.4. The van der Waals surface area contributed by atoms with Crippen LogP contribution in [0.3, 0.4) is 0 Å². The number of aromatic nitrogens is 1. The van der Waals surface area contributed by atoms with Crippen LogP contribution >= 0.6 is 15.9 Å². The largest absolute Gasteiger partial charge is 0.393 e. The normalized spacial score (nSPS) is 25.9. The molecule has 1 unspecified atom stereocenters. The van der Waals surface area contributed by atoms with E-state index in [4.69, 9.17) is 0 Å². The van der Waals surface area contributed by atoms with Crippen LogP contribution in [0.15, 0.2) is 22.8 Å². The third-order valence-electron chi connectivity index (χ3n) is 3.47. The molecule has 0 amide bonds. The molecule has 0 spiro atoms. The third kappa shape index (κ3) is 3.87. The van der Waals surface area contributed by atoms with Gasteiger partial charge in [0.2, 0.25) is 0 Å². The Morgan fingerprint density at radius 3 is 2.60 bits per heavy atom. The molecule has 1 fully saturated rings. The molecule has 112 valence electrons. The Labute approximate surface area is 131 Å². The van der Waals surface area contributed by atoms with Gasteiger partial charge < -0.3 is 5.11 Å². The fourth-order valence-corrected chi connectivity index (χ4v) is 3.44. The van der Waals surface area contributed by atoms with E-state index >= 15 is 0 Å². The summed E-state index contributed by atoms with van der Waals surface area (Å²) in [6, 6.07) is 5.65. The summed E-state index contributed by atoms with van der Waals surface area (Å²) in [5.41, 5.74) is 0.869. The zero-order chi connectivity index (χ0) is 14.9. The van der Waals surface area contributed by atoms with Gasteiger partial charge in [0.05, 0.1) is 33.6 Å². The minimum atomic E-state index is -1.16. The molecule has 0 bridgehead atoms. The van der Waals surface area contributed by atoms with Gasteiger partial charge >= 0.3 is 0 Å². The molecule has 1 heterocycles. The maximum absolute atomic E-state index is 12.4. The molecule has 4 nitrogen and oxygen atoms in total. The van der Waals surface area contributed by atoms with Crippen molar-refractivity contribution in [3.05, 3.63) is 28.5 Å². The molecular weight excluding hydrogens is 340 g/mol. The second-order valence-electron chi connectivity index (χ2n) is 6.25. The number of aliphatic hydroxyl groups is 1. The van der Waals surface area contributed by atoms with E-state index in [0.29, 0.717) is 0 Å². The second-order valence-corrected chi connectivity index (χ2v) is 9.06. The zero-order valence-corrected chi connectivity index (χ0v) is 14.4. The van der Waals surface area contributed by atoms with Gasteiger partial charge in [-0.3, -0.25) is 0 Å². The van der Waals surface area contributed by atoms with Crippen molar-refractivity contribution in [3.63, 3.8) is 0 Å². The quantitative estimate of drug-likeness (QED) is 0.811. The molecule has 2 N–H and O–H groups in total. The van der Waals surface area contributed by atoms with Crippen molar-refractivity contribution >= 4 is 26.9 Å². The van der Waals surface area contributed by atoms with Crippen LogP contribution < -0.4 is 4.72 Å². The molecule has 1 aliphatic rings. The van der Waals surface area contributed by atoms with E-state index in [2.05, 4.69) is 25.6 Å². The van der Waals surface area contributed by atoms with Crippen molar-refractivity contribution in [1.29, 1.82) is 0 Å². The number of hydrogen-bond acceptors (Lipinski definition) is 3. The van der Waals surface area contributed by atoms with E-state index in [9.17, 15) is 9.32 Å². The topological polar surface area (TPSA) is 62.2 Å². The van der Waals surface area contributed by atoms with Crippen LogP contribution in [0, 0.1) is 5.92 Å². The van der Waals surface area contributed by atoms with E-state index in [1.54, 1.807) is 0 Å². The first-order chi connectivity index (χ1) is 9.27. The van der Waals surface area contributed by atoms with Crippen molar-refractivity contribution in [2.24, 2.45) is 5.92 Å². The van der Waals surface area contributed by atoms with Crippen LogP contribution in [-0.2, 0) is 11.0 Å². The number of pyridine rings is 1. The highest BCUT2D eigenvalue weighted by Gasteiger charge is 2.37. The van der Waals surface area contributed by atoms with Crippen molar-refractivity contribution < 1.29 is 9.32 Å². The monoisotopic (exact) mass is 360 g/mol. The SMILES string of the molecule is CC(C)(C)S(=O)N[C@H](c1cccc(Br)n1)C1CC(O)C1. The number of aliphatic hydroxyl groups excluding tert-OH is 1. The predicted octanol–water partition coefficient (Wildman–Crippen LogP) is 2.71. The molecular formula is C14H21BrN2O2S. The van der Waals surface area contributed by atoms with Crippen LogP contribution in [0.5, 0.6) is 0 Å². The van der Waals surface area contributed by atoms with E-state index in [1.807, 2.05) is 39.0 Å². The Morgan fingerprint density at radius 1 is 1.45 bits per heavy atom. The summed E-state index contributed by atoms with van der Waals surface area (Å²) < 4.78 is 16.0. The molecule has 1 aromatic rings. The standard InChI is InChI=1S/C14H21BrN2O2S/c1-14(2,3)20(19)17-13(9-7-10(18)8-9)11-5-4-6-12(15)16-11/h4-6,9-10,13,17-18H,7-8H2,1-3H3/t9?,10?,13-,20?/m0/s1. The van der Waals surface area contributed by atoms with E-state index in [-0.39, 0.29) is 22.8 Å². The Bertz CT molecular complexity index is 498. The average molecular weight is 361 g/mol. The van der Waals surface area contributed by atoms with Gasteiger partial charge in [-0.15, -0.1) is 0 Å². The van der Waals surface area contributed by atoms with Gasteiger partial charge in [-0.1, -0.05) is 6.07 Å². The van der Waals surface area contributed by atoms with Gasteiger partial charge in [0.25, 0.3) is 0 Å². The lowest BCUT2D eigenvalue weighted by atomic mass is 9.76. The van der Waals surface area contributed by atoms with E-state index in [0.717, 1.165) is 23.1 Å². The number of halogens is 1. The number of hydrogen-bond donors (Lipinski definition) is 2. The summed E-state index contributed by atoms with van der Waals surface area (Å²) in [7, 11) is -1.16. The average Bonchev–Trinajstić information content (AvgIpc) is 2.31. The zero-order valence-electron chi connectivity index (χ0n) is 12.0. The van der Waals surface area contributed by atoms with Crippen LogP contribution in [0.25, 0.3) is 0 Å². The lowest BCUT2D eigenvalue weighted by molar-refractivity contribution is 0.0275. The fourth-order valence-electron chi connectivity index (χ4n) is 2.19. The Morgan fingerprint density at radius 2 is 2.10 bits per heavy atom. The summed E-state index contributed by atoms with van der Waals surface area (Å²) in [4.78, 5) is 4.47. The van der Waals surface area contributed by atoms with Gasteiger partial charge in [0.1, 0.15) is 4.60 Å². The molecule has 0 aromatic carbocycles. The Hall–Kier alpha value is -0.300. The summed E-state index contributed by atoms with van der Waals surface area (Å²) >= 11 is 3.37. The number of rotatable bonds is 4. The smallest absolute Gasteiger partial charge is 0.106 e. The molecule has 6 heteroatoms. The first kappa shape index (κ1) is 16.1. The summed E-state index contributed by atoms with van der Waals surface area (Å²) in [5.74, 6) is 0.276. The van der Waals surface area contributed by atoms with E-state index in [1.165, 1.54) is 0 Å². The molecule has 0 radical (unpaired) electrons. The summed E-state index contributed by atoms with van der Waals surface area (Å²) in [6.45, 7) is 5.82.